The first-order valence-electron chi connectivity index (χ1n) is 5.03. The smallest absolute Gasteiger partial charge is 0.216 e. The van der Waals surface area contributed by atoms with Gasteiger partial charge in [0.15, 0.2) is 0 Å². The highest BCUT2D eigenvalue weighted by Crippen LogP contribution is 2.03. The van der Waals surface area contributed by atoms with Crippen molar-refractivity contribution >= 4 is 11.7 Å². The van der Waals surface area contributed by atoms with Crippen LogP contribution in [0.2, 0.25) is 0 Å². The lowest BCUT2D eigenvalue weighted by Crippen LogP contribution is -2.25. The van der Waals surface area contributed by atoms with Gasteiger partial charge in [0.25, 0.3) is 0 Å². The van der Waals surface area contributed by atoms with Gasteiger partial charge in [0.1, 0.15) is 0 Å². The van der Waals surface area contributed by atoms with Crippen molar-refractivity contribution in [3.63, 3.8) is 0 Å². The number of hydrogen-bond acceptors (Lipinski definition) is 2. The van der Waals surface area contributed by atoms with Gasteiger partial charge in [-0.3, -0.25) is 9.79 Å². The molecule has 0 aromatic carbocycles. The van der Waals surface area contributed by atoms with Crippen molar-refractivity contribution in [2.24, 2.45) is 16.6 Å². The van der Waals surface area contributed by atoms with Crippen LogP contribution < -0.4 is 11.1 Å². The average Bonchev–Trinajstić information content (AvgIpc) is 2.08. The molecule has 0 unspecified atom stereocenters. The number of aliphatic imine (C=N–C) groups is 1. The molecule has 0 spiro atoms. The largest absolute Gasteiger partial charge is 0.388 e. The lowest BCUT2D eigenvalue weighted by molar-refractivity contribution is -0.119. The Morgan fingerprint density at radius 2 is 2.14 bits per heavy atom. The van der Waals surface area contributed by atoms with Crippen molar-refractivity contribution in [3.05, 3.63) is 0 Å². The lowest BCUT2D eigenvalue weighted by atomic mass is 10.1. The molecule has 0 aromatic heterocycles. The fourth-order valence-corrected chi connectivity index (χ4v) is 1.12. The number of hydrogen-bond donors (Lipinski definition) is 2. The Morgan fingerprint density at radius 3 is 2.64 bits per heavy atom. The van der Waals surface area contributed by atoms with Crippen LogP contribution in [0.1, 0.15) is 33.6 Å². The first-order chi connectivity index (χ1) is 6.52. The molecule has 1 amide bonds. The van der Waals surface area contributed by atoms with Crippen LogP contribution >= 0.6 is 0 Å². The summed E-state index contributed by atoms with van der Waals surface area (Å²) in [5.74, 6) is 1.18. The molecule has 0 bridgehead atoms. The first kappa shape index (κ1) is 12.9. The Labute approximate surface area is 86.0 Å². The van der Waals surface area contributed by atoms with E-state index in [1.165, 1.54) is 6.92 Å². The normalized spacial score (nSPS) is 13.8. The van der Waals surface area contributed by atoms with E-state index < -0.39 is 0 Å². The monoisotopic (exact) mass is 199 g/mol. The van der Waals surface area contributed by atoms with Crippen LogP contribution in [0, 0.1) is 5.92 Å². The van der Waals surface area contributed by atoms with Crippen LogP contribution in [0.15, 0.2) is 4.99 Å². The maximum atomic E-state index is 10.6. The molecule has 0 saturated carbocycles. The van der Waals surface area contributed by atoms with Crippen LogP contribution in [-0.2, 0) is 4.79 Å². The number of carbonyl (C=O) groups is 1. The summed E-state index contributed by atoms with van der Waals surface area (Å²) in [5, 5.41) is 2.80. The number of nitrogens with one attached hydrogen (secondary N) is 1. The fraction of sp³-hybridized carbons (Fsp3) is 0.800. The number of nitrogens with zero attached hydrogens (tertiary/aromatic N) is 1. The molecule has 0 radical (unpaired) electrons. The Kier molecular flexibility index (Phi) is 6.80. The van der Waals surface area contributed by atoms with Crippen molar-refractivity contribution in [2.45, 2.75) is 33.6 Å². The molecular weight excluding hydrogens is 178 g/mol. The van der Waals surface area contributed by atoms with Gasteiger partial charge < -0.3 is 11.1 Å². The van der Waals surface area contributed by atoms with Crippen LogP contribution in [0.4, 0.5) is 0 Å². The molecule has 0 aliphatic rings. The topological polar surface area (TPSA) is 67.5 Å². The van der Waals surface area contributed by atoms with E-state index in [0.29, 0.717) is 11.8 Å². The van der Waals surface area contributed by atoms with E-state index in [1.54, 1.807) is 6.92 Å². The summed E-state index contributed by atoms with van der Waals surface area (Å²) in [6.07, 6.45) is 2.09. The van der Waals surface area contributed by atoms with Crippen LogP contribution in [0.25, 0.3) is 0 Å². The highest BCUT2D eigenvalue weighted by molar-refractivity contribution is 5.77. The Morgan fingerprint density at radius 1 is 1.50 bits per heavy atom. The van der Waals surface area contributed by atoms with Crippen molar-refractivity contribution in [1.29, 1.82) is 0 Å². The Hall–Kier alpha value is -1.06. The molecule has 0 aliphatic carbocycles. The third kappa shape index (κ3) is 9.03. The molecule has 3 N–H and O–H groups in total. The predicted octanol–water partition coefficient (Wildman–Crippen LogP) is 0.916. The van der Waals surface area contributed by atoms with E-state index in [9.17, 15) is 4.79 Å². The minimum Gasteiger partial charge on any atom is -0.388 e. The van der Waals surface area contributed by atoms with Gasteiger partial charge in [-0.15, -0.1) is 0 Å². The maximum Gasteiger partial charge on any atom is 0.216 e. The van der Waals surface area contributed by atoms with Gasteiger partial charge in [-0.05, 0) is 25.7 Å². The molecule has 14 heavy (non-hydrogen) atoms. The average molecular weight is 199 g/mol. The molecular formula is C10H21N3O. The van der Waals surface area contributed by atoms with Gasteiger partial charge >= 0.3 is 0 Å². The number of nitrogens with two attached hydrogens (primary N) is 1. The fourth-order valence-electron chi connectivity index (χ4n) is 1.12. The first-order valence-corrected chi connectivity index (χ1v) is 5.03. The molecule has 0 heterocycles. The maximum absolute atomic E-state index is 10.6. The van der Waals surface area contributed by atoms with Crippen molar-refractivity contribution in [2.75, 3.05) is 13.1 Å². The second-order valence-corrected chi connectivity index (χ2v) is 3.71. The highest BCUT2D eigenvalue weighted by Gasteiger charge is 2.01. The number of amides is 1. The SMILES string of the molecule is CC(=O)NC[C@H](C)CCCN=C(C)N. The summed E-state index contributed by atoms with van der Waals surface area (Å²) in [6.45, 7) is 6.98. The van der Waals surface area contributed by atoms with Gasteiger partial charge in [-0.25, -0.2) is 0 Å². The quantitative estimate of drug-likeness (QED) is 0.379. The molecule has 0 rings (SSSR count). The van der Waals surface area contributed by atoms with E-state index in [2.05, 4.69) is 17.2 Å². The predicted molar refractivity (Wildman–Crippen MR) is 59.2 cm³/mol. The number of carbonyl (C=O) groups excluding carboxylic acids is 1. The zero-order valence-electron chi connectivity index (χ0n) is 9.34. The van der Waals surface area contributed by atoms with E-state index in [1.807, 2.05) is 0 Å². The van der Waals surface area contributed by atoms with E-state index >= 15 is 0 Å². The van der Waals surface area contributed by atoms with Crippen molar-refractivity contribution < 1.29 is 4.79 Å². The van der Waals surface area contributed by atoms with Crippen LogP contribution in [-0.4, -0.2) is 24.8 Å². The van der Waals surface area contributed by atoms with Crippen LogP contribution in [0.3, 0.4) is 0 Å². The summed E-state index contributed by atoms with van der Waals surface area (Å²) in [7, 11) is 0. The Balaban J connectivity index is 3.40. The minimum absolute atomic E-state index is 0.0349. The zero-order chi connectivity index (χ0) is 11.0. The minimum atomic E-state index is 0.0349. The molecule has 0 aliphatic heterocycles. The summed E-state index contributed by atoms with van der Waals surface area (Å²) < 4.78 is 0. The van der Waals surface area contributed by atoms with Crippen molar-refractivity contribution in [3.8, 4) is 0 Å². The molecule has 1 atom stereocenters. The van der Waals surface area contributed by atoms with E-state index in [4.69, 9.17) is 5.73 Å². The third-order valence-electron chi connectivity index (χ3n) is 1.92. The molecule has 4 heteroatoms. The number of amidine groups is 1. The highest BCUT2D eigenvalue weighted by atomic mass is 16.1. The van der Waals surface area contributed by atoms with Gasteiger partial charge in [-0.1, -0.05) is 6.92 Å². The second kappa shape index (κ2) is 7.35. The second-order valence-electron chi connectivity index (χ2n) is 3.71. The van der Waals surface area contributed by atoms with Gasteiger partial charge in [0, 0.05) is 20.0 Å². The van der Waals surface area contributed by atoms with Crippen LogP contribution in [0.5, 0.6) is 0 Å². The molecule has 0 aromatic rings. The van der Waals surface area contributed by atoms with E-state index in [-0.39, 0.29) is 5.91 Å². The third-order valence-corrected chi connectivity index (χ3v) is 1.92. The zero-order valence-corrected chi connectivity index (χ0v) is 9.34. The Bertz CT molecular complexity index is 198. The van der Waals surface area contributed by atoms with Gasteiger partial charge in [0.05, 0.1) is 5.84 Å². The number of rotatable bonds is 6. The molecule has 0 saturated heterocycles. The van der Waals surface area contributed by atoms with Gasteiger partial charge in [0.2, 0.25) is 5.91 Å². The summed E-state index contributed by atoms with van der Waals surface area (Å²) in [4.78, 5) is 14.7. The van der Waals surface area contributed by atoms with E-state index in [0.717, 1.165) is 25.9 Å². The lowest BCUT2D eigenvalue weighted by Gasteiger charge is -2.10. The van der Waals surface area contributed by atoms with Crippen molar-refractivity contribution in [1.82, 2.24) is 5.32 Å². The summed E-state index contributed by atoms with van der Waals surface area (Å²) >= 11 is 0. The summed E-state index contributed by atoms with van der Waals surface area (Å²) in [5.41, 5.74) is 5.40. The molecule has 4 nitrogen and oxygen atoms in total. The standard InChI is InChI=1S/C10H21N3O/c1-8(7-13-10(3)14)5-4-6-12-9(2)11/h8H,4-7H2,1-3H3,(H2,11,12)(H,13,14)/t8-/m1/s1. The molecule has 82 valence electrons. The summed E-state index contributed by atoms with van der Waals surface area (Å²) in [6, 6.07) is 0. The molecule has 0 fully saturated rings. The van der Waals surface area contributed by atoms with Gasteiger partial charge in [-0.2, -0.15) is 0 Å².